The second-order valence-corrected chi connectivity index (χ2v) is 6.24. The Morgan fingerprint density at radius 2 is 1.90 bits per heavy atom. The number of piperazine rings is 1. The molecule has 2 fully saturated rings. The Bertz CT molecular complexity index is 311. The smallest absolute Gasteiger partial charge is 0.322 e. The average Bonchev–Trinajstić information content (AvgIpc) is 3.05. The van der Waals surface area contributed by atoms with E-state index in [9.17, 15) is 4.79 Å². The normalized spacial score (nSPS) is 23.3. The van der Waals surface area contributed by atoms with Crippen molar-refractivity contribution >= 4 is 5.97 Å². The average molecular weight is 297 g/mol. The number of carbonyl (C=O) groups is 1. The monoisotopic (exact) mass is 297 g/mol. The highest BCUT2D eigenvalue weighted by Crippen LogP contribution is 2.24. The van der Waals surface area contributed by atoms with Crippen molar-refractivity contribution in [1.82, 2.24) is 15.1 Å². The van der Waals surface area contributed by atoms with Crippen LogP contribution in [0.15, 0.2) is 0 Å². The molecule has 5 heteroatoms. The van der Waals surface area contributed by atoms with Crippen molar-refractivity contribution < 1.29 is 9.53 Å². The Hall–Kier alpha value is -0.650. The summed E-state index contributed by atoms with van der Waals surface area (Å²) in [5.41, 5.74) is 0. The van der Waals surface area contributed by atoms with Crippen LogP contribution in [0.1, 0.15) is 39.0 Å². The third-order valence-corrected chi connectivity index (χ3v) is 4.92. The summed E-state index contributed by atoms with van der Waals surface area (Å²) in [6.45, 7) is 8.45. The van der Waals surface area contributed by atoms with Gasteiger partial charge in [-0.15, -0.1) is 0 Å². The molecular weight excluding hydrogens is 266 g/mol. The van der Waals surface area contributed by atoms with Crippen LogP contribution in [-0.4, -0.2) is 74.2 Å². The molecule has 1 unspecified atom stereocenters. The number of likely N-dealkylation sites (N-methyl/N-ethyl adjacent to an activating group) is 1. The largest absolute Gasteiger partial charge is 0.468 e. The molecule has 1 N–H and O–H groups in total. The van der Waals surface area contributed by atoms with Crippen molar-refractivity contribution in [3.8, 4) is 0 Å². The van der Waals surface area contributed by atoms with Crippen LogP contribution in [0.4, 0.5) is 0 Å². The molecule has 1 saturated carbocycles. The molecule has 2 aliphatic rings. The van der Waals surface area contributed by atoms with Gasteiger partial charge < -0.3 is 15.0 Å². The van der Waals surface area contributed by atoms with E-state index in [1.54, 1.807) is 0 Å². The quantitative estimate of drug-likeness (QED) is 0.713. The number of hydrogen-bond acceptors (Lipinski definition) is 5. The summed E-state index contributed by atoms with van der Waals surface area (Å²) in [6, 6.07) is 0.685. The zero-order valence-electron chi connectivity index (χ0n) is 13.6. The molecule has 21 heavy (non-hydrogen) atoms. The Balaban J connectivity index is 1.68. The Morgan fingerprint density at radius 3 is 2.48 bits per heavy atom. The third-order valence-electron chi connectivity index (χ3n) is 4.92. The summed E-state index contributed by atoms with van der Waals surface area (Å²) >= 11 is 0. The molecule has 0 amide bonds. The van der Waals surface area contributed by atoms with Gasteiger partial charge in [-0.1, -0.05) is 19.8 Å². The number of esters is 1. The highest BCUT2D eigenvalue weighted by atomic mass is 16.5. The van der Waals surface area contributed by atoms with Gasteiger partial charge in [0, 0.05) is 38.8 Å². The number of ether oxygens (including phenoxy) is 1. The number of rotatable bonds is 7. The first-order chi connectivity index (χ1) is 10.2. The van der Waals surface area contributed by atoms with Crippen molar-refractivity contribution in [2.45, 2.75) is 51.1 Å². The molecule has 1 saturated heterocycles. The maximum Gasteiger partial charge on any atom is 0.322 e. The van der Waals surface area contributed by atoms with Gasteiger partial charge in [0.2, 0.25) is 0 Å². The van der Waals surface area contributed by atoms with Gasteiger partial charge in [0.15, 0.2) is 0 Å². The highest BCUT2D eigenvalue weighted by Gasteiger charge is 2.26. The molecule has 0 spiro atoms. The second kappa shape index (κ2) is 8.71. The predicted molar refractivity (Wildman–Crippen MR) is 84.4 cm³/mol. The van der Waals surface area contributed by atoms with Crippen LogP contribution in [0.3, 0.4) is 0 Å². The van der Waals surface area contributed by atoms with Crippen molar-refractivity contribution in [2.24, 2.45) is 0 Å². The Morgan fingerprint density at radius 1 is 1.24 bits per heavy atom. The van der Waals surface area contributed by atoms with E-state index in [0.717, 1.165) is 38.6 Å². The van der Waals surface area contributed by atoms with Crippen molar-refractivity contribution in [3.05, 3.63) is 0 Å². The fraction of sp³-hybridized carbons (Fsp3) is 0.938. The number of methoxy groups -OCH3 is 1. The number of hydrogen-bond donors (Lipinski definition) is 1. The van der Waals surface area contributed by atoms with E-state index in [-0.39, 0.29) is 12.0 Å². The summed E-state index contributed by atoms with van der Waals surface area (Å²) in [7, 11) is 1.47. The zero-order chi connectivity index (χ0) is 15.1. The minimum Gasteiger partial charge on any atom is -0.468 e. The topological polar surface area (TPSA) is 44.8 Å². The molecule has 1 atom stereocenters. The fourth-order valence-electron chi connectivity index (χ4n) is 3.63. The number of nitrogens with zero attached hydrogens (tertiary/aromatic N) is 2. The van der Waals surface area contributed by atoms with Gasteiger partial charge >= 0.3 is 5.97 Å². The van der Waals surface area contributed by atoms with Crippen LogP contribution >= 0.6 is 0 Å². The molecule has 0 aromatic carbocycles. The standard InChI is InChI=1S/C16H31N3O2/c1-3-17-15(16(20)21-2)8-9-18-10-12-19(13-11-18)14-6-4-5-7-14/h14-15,17H,3-13H2,1-2H3. The fourth-order valence-corrected chi connectivity index (χ4v) is 3.63. The van der Waals surface area contributed by atoms with Crippen LogP contribution in [0.5, 0.6) is 0 Å². The van der Waals surface area contributed by atoms with E-state index in [1.165, 1.54) is 45.9 Å². The maximum absolute atomic E-state index is 11.7. The molecule has 0 aromatic rings. The Labute approximate surface area is 129 Å². The summed E-state index contributed by atoms with van der Waals surface area (Å²) < 4.78 is 4.86. The molecule has 1 aliphatic heterocycles. The van der Waals surface area contributed by atoms with Crippen molar-refractivity contribution in [1.29, 1.82) is 0 Å². The molecule has 122 valence electrons. The molecule has 1 heterocycles. The second-order valence-electron chi connectivity index (χ2n) is 6.24. The van der Waals surface area contributed by atoms with Gasteiger partial charge in [0.05, 0.1) is 7.11 Å². The lowest BCUT2D eigenvalue weighted by Gasteiger charge is -2.38. The summed E-state index contributed by atoms with van der Waals surface area (Å²) in [4.78, 5) is 16.8. The van der Waals surface area contributed by atoms with Crippen LogP contribution in [0, 0.1) is 0 Å². The first-order valence-corrected chi connectivity index (χ1v) is 8.52. The van der Waals surface area contributed by atoms with Gasteiger partial charge in [0.25, 0.3) is 0 Å². The summed E-state index contributed by atoms with van der Waals surface area (Å²) in [6.07, 6.45) is 6.45. The molecule has 0 radical (unpaired) electrons. The summed E-state index contributed by atoms with van der Waals surface area (Å²) in [5.74, 6) is -0.138. The zero-order valence-corrected chi connectivity index (χ0v) is 13.6. The summed E-state index contributed by atoms with van der Waals surface area (Å²) in [5, 5.41) is 3.21. The lowest BCUT2D eigenvalue weighted by atomic mass is 10.1. The Kier molecular flexibility index (Phi) is 6.93. The first-order valence-electron chi connectivity index (χ1n) is 8.52. The number of nitrogens with one attached hydrogen (secondary N) is 1. The molecule has 0 aromatic heterocycles. The van der Waals surface area contributed by atoms with E-state index in [2.05, 4.69) is 15.1 Å². The SMILES string of the molecule is CCNC(CCN1CCN(C2CCCC2)CC1)C(=O)OC. The molecule has 0 bridgehead atoms. The predicted octanol–water partition coefficient (Wildman–Crippen LogP) is 1.09. The maximum atomic E-state index is 11.7. The van der Waals surface area contributed by atoms with Gasteiger partial charge in [-0.2, -0.15) is 0 Å². The minimum atomic E-state index is -0.159. The molecular formula is C16H31N3O2. The molecule has 1 aliphatic carbocycles. The lowest BCUT2D eigenvalue weighted by Crippen LogP contribution is -2.50. The van der Waals surface area contributed by atoms with E-state index in [0.29, 0.717) is 0 Å². The first kappa shape index (κ1) is 16.7. The van der Waals surface area contributed by atoms with Crippen LogP contribution < -0.4 is 5.32 Å². The third kappa shape index (κ3) is 4.94. The lowest BCUT2D eigenvalue weighted by molar-refractivity contribution is -0.143. The van der Waals surface area contributed by atoms with E-state index >= 15 is 0 Å². The van der Waals surface area contributed by atoms with E-state index in [4.69, 9.17) is 4.74 Å². The van der Waals surface area contributed by atoms with Gasteiger partial charge in [-0.3, -0.25) is 9.69 Å². The van der Waals surface area contributed by atoms with Gasteiger partial charge in [0.1, 0.15) is 6.04 Å². The van der Waals surface area contributed by atoms with Crippen molar-refractivity contribution in [3.63, 3.8) is 0 Å². The minimum absolute atomic E-state index is 0.138. The van der Waals surface area contributed by atoms with Crippen molar-refractivity contribution in [2.75, 3.05) is 46.4 Å². The van der Waals surface area contributed by atoms with Gasteiger partial charge in [-0.05, 0) is 25.8 Å². The number of carbonyl (C=O) groups excluding carboxylic acids is 1. The highest BCUT2D eigenvalue weighted by molar-refractivity contribution is 5.75. The van der Waals surface area contributed by atoms with Crippen LogP contribution in [0.25, 0.3) is 0 Å². The molecule has 2 rings (SSSR count). The van der Waals surface area contributed by atoms with E-state index in [1.807, 2.05) is 6.92 Å². The molecule has 5 nitrogen and oxygen atoms in total. The van der Waals surface area contributed by atoms with Gasteiger partial charge in [-0.25, -0.2) is 0 Å². The van der Waals surface area contributed by atoms with Crippen LogP contribution in [0.2, 0.25) is 0 Å². The van der Waals surface area contributed by atoms with E-state index < -0.39 is 0 Å². The van der Waals surface area contributed by atoms with Crippen LogP contribution in [-0.2, 0) is 9.53 Å².